The van der Waals surface area contributed by atoms with Gasteiger partial charge in [-0.2, -0.15) is 0 Å². The van der Waals surface area contributed by atoms with E-state index in [-0.39, 0.29) is 0 Å². The van der Waals surface area contributed by atoms with E-state index in [0.29, 0.717) is 10.3 Å². The molecule has 1 heterocycles. The summed E-state index contributed by atoms with van der Waals surface area (Å²) in [6.45, 7) is 2.05. The largest absolute Gasteiger partial charge is 0.224 e. The predicted molar refractivity (Wildman–Crippen MR) is 64.4 cm³/mol. The van der Waals surface area contributed by atoms with Crippen LogP contribution in [-0.4, -0.2) is 4.98 Å². The number of hydrogen-bond acceptors (Lipinski definition) is 1. The maximum absolute atomic E-state index is 5.84. The zero-order chi connectivity index (χ0) is 10.8. The van der Waals surface area contributed by atoms with Gasteiger partial charge in [-0.1, -0.05) is 53.0 Å². The zero-order valence-electron chi connectivity index (χ0n) is 8.17. The van der Waals surface area contributed by atoms with Crippen LogP contribution in [0.15, 0.2) is 36.4 Å². The minimum absolute atomic E-state index is 0.416. The molecular formula is C12H9Cl2N. The van der Waals surface area contributed by atoms with Gasteiger partial charge in [-0.3, -0.25) is 0 Å². The van der Waals surface area contributed by atoms with Crippen LogP contribution in [0, 0.1) is 6.92 Å². The third-order valence-electron chi connectivity index (χ3n) is 2.11. The van der Waals surface area contributed by atoms with E-state index in [2.05, 4.69) is 11.1 Å². The minimum Gasteiger partial charge on any atom is -0.224 e. The SMILES string of the molecule is Cc1cccc(-c2cc(Cl)nc(Cl)c2)c1. The summed E-state index contributed by atoms with van der Waals surface area (Å²) in [5.41, 5.74) is 3.29. The molecule has 1 aromatic heterocycles. The normalized spacial score (nSPS) is 10.3. The van der Waals surface area contributed by atoms with Gasteiger partial charge in [0.1, 0.15) is 10.3 Å². The molecule has 0 N–H and O–H groups in total. The van der Waals surface area contributed by atoms with E-state index in [1.165, 1.54) is 5.56 Å². The molecule has 3 heteroatoms. The third kappa shape index (κ3) is 2.49. The van der Waals surface area contributed by atoms with E-state index in [9.17, 15) is 0 Å². The number of rotatable bonds is 1. The Labute approximate surface area is 98.7 Å². The average molecular weight is 238 g/mol. The third-order valence-corrected chi connectivity index (χ3v) is 2.50. The lowest BCUT2D eigenvalue weighted by atomic mass is 10.1. The Morgan fingerprint density at radius 2 is 1.60 bits per heavy atom. The number of aryl methyl sites for hydroxylation is 1. The van der Waals surface area contributed by atoms with Crippen molar-refractivity contribution in [3.8, 4) is 11.1 Å². The van der Waals surface area contributed by atoms with E-state index in [1.54, 1.807) is 0 Å². The molecule has 2 aromatic rings. The Hall–Kier alpha value is -1.05. The number of nitrogens with zero attached hydrogens (tertiary/aromatic N) is 1. The van der Waals surface area contributed by atoms with Crippen molar-refractivity contribution in [3.63, 3.8) is 0 Å². The summed E-state index contributed by atoms with van der Waals surface area (Å²) < 4.78 is 0. The quantitative estimate of drug-likeness (QED) is 0.672. The molecule has 1 nitrogen and oxygen atoms in total. The topological polar surface area (TPSA) is 12.9 Å². The van der Waals surface area contributed by atoms with Gasteiger partial charge in [-0.15, -0.1) is 0 Å². The van der Waals surface area contributed by atoms with Crippen molar-refractivity contribution in [2.45, 2.75) is 6.92 Å². The van der Waals surface area contributed by atoms with Gasteiger partial charge < -0.3 is 0 Å². The Morgan fingerprint density at radius 3 is 2.20 bits per heavy atom. The molecule has 0 aliphatic heterocycles. The highest BCUT2D eigenvalue weighted by Crippen LogP contribution is 2.25. The molecule has 0 unspecified atom stereocenters. The molecule has 0 amide bonds. The highest BCUT2D eigenvalue weighted by Gasteiger charge is 2.02. The van der Waals surface area contributed by atoms with Crippen LogP contribution in [-0.2, 0) is 0 Å². The lowest BCUT2D eigenvalue weighted by Crippen LogP contribution is -1.83. The van der Waals surface area contributed by atoms with Crippen LogP contribution in [0.25, 0.3) is 11.1 Å². The second-order valence-corrected chi connectivity index (χ2v) is 4.15. The number of pyridine rings is 1. The molecule has 0 atom stereocenters. The van der Waals surface area contributed by atoms with E-state index in [4.69, 9.17) is 23.2 Å². The fraction of sp³-hybridized carbons (Fsp3) is 0.0833. The Kier molecular flexibility index (Phi) is 2.94. The van der Waals surface area contributed by atoms with Crippen molar-refractivity contribution in [3.05, 3.63) is 52.3 Å². The fourth-order valence-electron chi connectivity index (χ4n) is 1.46. The first-order valence-corrected chi connectivity index (χ1v) is 5.31. The van der Waals surface area contributed by atoms with Gasteiger partial charge in [0.25, 0.3) is 0 Å². The van der Waals surface area contributed by atoms with E-state index in [0.717, 1.165) is 11.1 Å². The van der Waals surface area contributed by atoms with E-state index >= 15 is 0 Å². The van der Waals surface area contributed by atoms with Crippen molar-refractivity contribution in [1.82, 2.24) is 4.98 Å². The van der Waals surface area contributed by atoms with Gasteiger partial charge in [-0.05, 0) is 30.2 Å². The fourth-order valence-corrected chi connectivity index (χ4v) is 1.92. The first-order chi connectivity index (χ1) is 7.15. The standard InChI is InChI=1S/C12H9Cl2N/c1-8-3-2-4-9(5-8)10-6-11(13)15-12(14)7-10/h2-7H,1H3. The first-order valence-electron chi connectivity index (χ1n) is 4.55. The second-order valence-electron chi connectivity index (χ2n) is 3.37. The van der Waals surface area contributed by atoms with Crippen LogP contribution in [0.5, 0.6) is 0 Å². The molecule has 2 rings (SSSR count). The molecule has 0 aliphatic carbocycles. The molecule has 0 spiro atoms. The van der Waals surface area contributed by atoms with E-state index < -0.39 is 0 Å². The predicted octanol–water partition coefficient (Wildman–Crippen LogP) is 4.36. The van der Waals surface area contributed by atoms with Crippen molar-refractivity contribution in [2.24, 2.45) is 0 Å². The Bertz CT molecular complexity index is 474. The zero-order valence-corrected chi connectivity index (χ0v) is 9.68. The highest BCUT2D eigenvalue weighted by molar-refractivity contribution is 6.32. The molecule has 0 bridgehead atoms. The molecular weight excluding hydrogens is 229 g/mol. The molecule has 0 fully saturated rings. The molecule has 15 heavy (non-hydrogen) atoms. The van der Waals surface area contributed by atoms with Crippen LogP contribution >= 0.6 is 23.2 Å². The Morgan fingerprint density at radius 1 is 0.933 bits per heavy atom. The van der Waals surface area contributed by atoms with Crippen molar-refractivity contribution < 1.29 is 0 Å². The lowest BCUT2D eigenvalue weighted by Gasteiger charge is -2.03. The summed E-state index contributed by atoms with van der Waals surface area (Å²) in [4.78, 5) is 3.91. The number of aromatic nitrogens is 1. The van der Waals surface area contributed by atoms with Crippen molar-refractivity contribution >= 4 is 23.2 Å². The van der Waals surface area contributed by atoms with Gasteiger partial charge in [-0.25, -0.2) is 4.98 Å². The van der Waals surface area contributed by atoms with Crippen LogP contribution < -0.4 is 0 Å². The summed E-state index contributed by atoms with van der Waals surface area (Å²) in [5.74, 6) is 0. The van der Waals surface area contributed by atoms with Gasteiger partial charge in [0.2, 0.25) is 0 Å². The number of hydrogen-bond donors (Lipinski definition) is 0. The second kappa shape index (κ2) is 4.21. The summed E-state index contributed by atoms with van der Waals surface area (Å²) >= 11 is 11.7. The molecule has 0 saturated carbocycles. The first kappa shape index (κ1) is 10.5. The van der Waals surface area contributed by atoms with Gasteiger partial charge in [0.15, 0.2) is 0 Å². The van der Waals surface area contributed by atoms with Gasteiger partial charge >= 0.3 is 0 Å². The summed E-state index contributed by atoms with van der Waals surface area (Å²) in [5, 5.41) is 0.831. The Balaban J connectivity index is 2.54. The molecule has 0 radical (unpaired) electrons. The number of benzene rings is 1. The summed E-state index contributed by atoms with van der Waals surface area (Å²) in [6.07, 6.45) is 0. The molecule has 1 aromatic carbocycles. The van der Waals surface area contributed by atoms with Crippen LogP contribution in [0.4, 0.5) is 0 Å². The average Bonchev–Trinajstić information content (AvgIpc) is 2.16. The molecule has 0 saturated heterocycles. The molecule has 76 valence electrons. The lowest BCUT2D eigenvalue weighted by molar-refractivity contribution is 1.33. The smallest absolute Gasteiger partial charge is 0.131 e. The van der Waals surface area contributed by atoms with Gasteiger partial charge in [0.05, 0.1) is 0 Å². The minimum atomic E-state index is 0.416. The monoisotopic (exact) mass is 237 g/mol. The van der Waals surface area contributed by atoms with Crippen LogP contribution in [0.2, 0.25) is 10.3 Å². The van der Waals surface area contributed by atoms with Crippen molar-refractivity contribution in [2.75, 3.05) is 0 Å². The summed E-state index contributed by atoms with van der Waals surface area (Å²) in [6, 6.07) is 11.8. The van der Waals surface area contributed by atoms with Crippen LogP contribution in [0.1, 0.15) is 5.56 Å². The number of halogens is 2. The van der Waals surface area contributed by atoms with Gasteiger partial charge in [0, 0.05) is 0 Å². The maximum Gasteiger partial charge on any atom is 0.131 e. The van der Waals surface area contributed by atoms with Crippen LogP contribution in [0.3, 0.4) is 0 Å². The van der Waals surface area contributed by atoms with Crippen molar-refractivity contribution in [1.29, 1.82) is 0 Å². The van der Waals surface area contributed by atoms with E-state index in [1.807, 2.05) is 37.3 Å². The highest BCUT2D eigenvalue weighted by atomic mass is 35.5. The maximum atomic E-state index is 5.84. The molecule has 0 aliphatic rings. The summed E-state index contributed by atoms with van der Waals surface area (Å²) in [7, 11) is 0.